The van der Waals surface area contributed by atoms with E-state index in [1.807, 2.05) is 19.2 Å². The molecule has 0 saturated heterocycles. The summed E-state index contributed by atoms with van der Waals surface area (Å²) in [5.74, 6) is -0.934. The highest BCUT2D eigenvalue weighted by atomic mass is 79.9. The Morgan fingerprint density at radius 1 is 1.39 bits per heavy atom. The monoisotopic (exact) mass is 314 g/mol. The number of benzene rings is 1. The van der Waals surface area contributed by atoms with E-state index in [0.717, 1.165) is 17.4 Å². The van der Waals surface area contributed by atoms with Crippen molar-refractivity contribution in [2.45, 2.75) is 18.9 Å². The highest BCUT2D eigenvalue weighted by Gasteiger charge is 2.11. The highest BCUT2D eigenvalue weighted by Crippen LogP contribution is 2.11. The smallest absolute Gasteiger partial charge is 0.320 e. The third kappa shape index (κ3) is 5.62. The molecule has 0 aliphatic heterocycles. The van der Waals surface area contributed by atoms with Gasteiger partial charge in [0.1, 0.15) is 6.04 Å². The van der Waals surface area contributed by atoms with Crippen LogP contribution < -0.4 is 5.73 Å². The summed E-state index contributed by atoms with van der Waals surface area (Å²) in [5, 5.41) is 8.68. The van der Waals surface area contributed by atoms with Crippen LogP contribution in [0.1, 0.15) is 12.0 Å². The van der Waals surface area contributed by atoms with E-state index in [1.54, 1.807) is 0 Å². The molecule has 0 bridgehead atoms. The number of carboxylic acids is 1. The number of halogens is 1. The second-order valence-electron chi connectivity index (χ2n) is 4.41. The van der Waals surface area contributed by atoms with Crippen molar-refractivity contribution in [1.82, 2.24) is 4.90 Å². The van der Waals surface area contributed by atoms with Crippen LogP contribution in [0.5, 0.6) is 0 Å². The summed E-state index contributed by atoms with van der Waals surface area (Å²) in [5.41, 5.74) is 6.73. The number of likely N-dealkylation sites (N-methyl/N-ethyl adjacent to an activating group) is 1. The fraction of sp³-hybridized carbons (Fsp3) is 0.462. The Kier molecular flexibility index (Phi) is 6.32. The Bertz CT molecular complexity index is 381. The topological polar surface area (TPSA) is 66.6 Å². The zero-order valence-corrected chi connectivity index (χ0v) is 12.1. The van der Waals surface area contributed by atoms with E-state index in [4.69, 9.17) is 10.8 Å². The Morgan fingerprint density at radius 2 is 2.00 bits per heavy atom. The maximum absolute atomic E-state index is 10.6. The van der Waals surface area contributed by atoms with Crippen LogP contribution in [-0.2, 0) is 11.2 Å². The minimum absolute atomic E-state index is 0.478. The van der Waals surface area contributed by atoms with Gasteiger partial charge in [0, 0.05) is 11.0 Å². The van der Waals surface area contributed by atoms with Crippen molar-refractivity contribution in [3.8, 4) is 0 Å². The van der Waals surface area contributed by atoms with Gasteiger partial charge in [-0.25, -0.2) is 0 Å². The van der Waals surface area contributed by atoms with Crippen molar-refractivity contribution in [3.05, 3.63) is 34.3 Å². The average molecular weight is 315 g/mol. The lowest BCUT2D eigenvalue weighted by atomic mass is 10.1. The van der Waals surface area contributed by atoms with Gasteiger partial charge in [-0.2, -0.15) is 0 Å². The van der Waals surface area contributed by atoms with Crippen molar-refractivity contribution in [1.29, 1.82) is 0 Å². The number of carboxylic acid groups (broad SMARTS) is 1. The lowest BCUT2D eigenvalue weighted by Gasteiger charge is -2.17. The first-order valence-electron chi connectivity index (χ1n) is 5.90. The van der Waals surface area contributed by atoms with Gasteiger partial charge in [-0.15, -0.1) is 0 Å². The molecular formula is C13H19BrN2O2. The second-order valence-corrected chi connectivity index (χ2v) is 5.33. The Morgan fingerprint density at radius 3 is 2.56 bits per heavy atom. The van der Waals surface area contributed by atoms with Crippen molar-refractivity contribution < 1.29 is 9.90 Å². The molecular weight excluding hydrogens is 296 g/mol. The van der Waals surface area contributed by atoms with Crippen molar-refractivity contribution in [2.24, 2.45) is 5.73 Å². The largest absolute Gasteiger partial charge is 0.480 e. The van der Waals surface area contributed by atoms with Gasteiger partial charge in [-0.3, -0.25) is 4.79 Å². The number of carbonyl (C=O) groups is 1. The first kappa shape index (κ1) is 15.1. The molecule has 1 aromatic carbocycles. The summed E-state index contributed by atoms with van der Waals surface area (Å²) >= 11 is 3.40. The molecule has 0 heterocycles. The minimum Gasteiger partial charge on any atom is -0.480 e. The normalized spacial score (nSPS) is 12.7. The van der Waals surface area contributed by atoms with Crippen molar-refractivity contribution >= 4 is 21.9 Å². The van der Waals surface area contributed by atoms with Crippen LogP contribution in [0.4, 0.5) is 0 Å². The molecule has 0 radical (unpaired) electrons. The number of rotatable bonds is 7. The third-order valence-electron chi connectivity index (χ3n) is 2.83. The fourth-order valence-electron chi connectivity index (χ4n) is 1.57. The molecule has 5 heteroatoms. The predicted octanol–water partition coefficient (Wildman–Crippen LogP) is 1.73. The van der Waals surface area contributed by atoms with E-state index in [-0.39, 0.29) is 0 Å². The van der Waals surface area contributed by atoms with Crippen LogP contribution in [0.2, 0.25) is 0 Å². The standard InChI is InChI=1S/C13H19BrN2O2/c1-16(9-7-12(15)13(17)18)8-6-10-2-4-11(14)5-3-10/h2-5,12H,6-9,15H2,1H3,(H,17,18). The summed E-state index contributed by atoms with van der Waals surface area (Å²) in [6.07, 6.45) is 1.43. The van der Waals surface area contributed by atoms with Crippen LogP contribution in [0.25, 0.3) is 0 Å². The predicted molar refractivity (Wildman–Crippen MR) is 75.6 cm³/mol. The van der Waals surface area contributed by atoms with Gasteiger partial charge < -0.3 is 15.7 Å². The molecule has 1 aromatic rings. The van der Waals surface area contributed by atoms with Crippen LogP contribution in [-0.4, -0.2) is 42.2 Å². The summed E-state index contributed by atoms with van der Waals surface area (Å²) < 4.78 is 1.08. The van der Waals surface area contributed by atoms with E-state index in [1.165, 1.54) is 5.56 Å². The molecule has 0 aliphatic rings. The third-order valence-corrected chi connectivity index (χ3v) is 3.36. The fourth-order valence-corrected chi connectivity index (χ4v) is 1.83. The number of nitrogens with two attached hydrogens (primary N) is 1. The summed E-state index contributed by atoms with van der Waals surface area (Å²) in [7, 11) is 1.98. The molecule has 1 rings (SSSR count). The second kappa shape index (κ2) is 7.51. The van der Waals surface area contributed by atoms with E-state index in [0.29, 0.717) is 13.0 Å². The lowest BCUT2D eigenvalue weighted by molar-refractivity contribution is -0.138. The summed E-state index contributed by atoms with van der Waals surface area (Å²) in [6, 6.07) is 7.45. The number of aliphatic carboxylic acids is 1. The average Bonchev–Trinajstić information content (AvgIpc) is 2.35. The zero-order valence-electron chi connectivity index (χ0n) is 10.5. The SMILES string of the molecule is CN(CCc1ccc(Br)cc1)CCC(N)C(=O)O. The molecule has 4 nitrogen and oxygen atoms in total. The Hall–Kier alpha value is -0.910. The lowest BCUT2D eigenvalue weighted by Crippen LogP contribution is -2.34. The molecule has 1 atom stereocenters. The number of hydrogen-bond acceptors (Lipinski definition) is 3. The highest BCUT2D eigenvalue weighted by molar-refractivity contribution is 9.10. The Balaban J connectivity index is 2.26. The molecule has 100 valence electrons. The van der Waals surface area contributed by atoms with E-state index >= 15 is 0 Å². The molecule has 0 aromatic heterocycles. The van der Waals surface area contributed by atoms with Crippen LogP contribution in [0.3, 0.4) is 0 Å². The maximum atomic E-state index is 10.6. The molecule has 18 heavy (non-hydrogen) atoms. The molecule has 0 saturated carbocycles. The quantitative estimate of drug-likeness (QED) is 0.804. The Labute approximate surface area is 116 Å². The summed E-state index contributed by atoms with van der Waals surface area (Å²) in [6.45, 7) is 1.60. The van der Waals surface area contributed by atoms with Gasteiger partial charge in [0.15, 0.2) is 0 Å². The van der Waals surface area contributed by atoms with Gasteiger partial charge in [-0.05, 0) is 44.1 Å². The molecule has 0 fully saturated rings. The van der Waals surface area contributed by atoms with E-state index in [9.17, 15) is 4.79 Å². The van der Waals surface area contributed by atoms with Gasteiger partial charge in [0.25, 0.3) is 0 Å². The van der Waals surface area contributed by atoms with Crippen LogP contribution >= 0.6 is 15.9 Å². The van der Waals surface area contributed by atoms with Gasteiger partial charge >= 0.3 is 5.97 Å². The van der Waals surface area contributed by atoms with Gasteiger partial charge in [0.2, 0.25) is 0 Å². The van der Waals surface area contributed by atoms with Crippen LogP contribution in [0.15, 0.2) is 28.7 Å². The molecule has 1 unspecified atom stereocenters. The molecule has 0 spiro atoms. The molecule has 3 N–H and O–H groups in total. The van der Waals surface area contributed by atoms with Gasteiger partial charge in [0.05, 0.1) is 0 Å². The van der Waals surface area contributed by atoms with E-state index in [2.05, 4.69) is 33.0 Å². The van der Waals surface area contributed by atoms with Crippen molar-refractivity contribution in [2.75, 3.05) is 20.1 Å². The number of nitrogens with zero attached hydrogens (tertiary/aromatic N) is 1. The van der Waals surface area contributed by atoms with Gasteiger partial charge in [-0.1, -0.05) is 28.1 Å². The first-order chi connectivity index (χ1) is 8.49. The minimum atomic E-state index is -0.934. The molecule has 0 aliphatic carbocycles. The summed E-state index contributed by atoms with van der Waals surface area (Å²) in [4.78, 5) is 12.7. The maximum Gasteiger partial charge on any atom is 0.320 e. The first-order valence-corrected chi connectivity index (χ1v) is 6.69. The molecule has 0 amide bonds. The van der Waals surface area contributed by atoms with Crippen LogP contribution in [0, 0.1) is 0 Å². The number of hydrogen-bond donors (Lipinski definition) is 2. The van der Waals surface area contributed by atoms with E-state index < -0.39 is 12.0 Å². The zero-order chi connectivity index (χ0) is 13.5. The van der Waals surface area contributed by atoms with Crippen molar-refractivity contribution in [3.63, 3.8) is 0 Å².